The van der Waals surface area contributed by atoms with Crippen LogP contribution in [0.4, 0.5) is 10.1 Å². The Bertz CT molecular complexity index is 1610. The smallest absolute Gasteiger partial charge is 0.256 e. The molecule has 0 aliphatic carbocycles. The van der Waals surface area contributed by atoms with E-state index in [-0.39, 0.29) is 28.5 Å². The average molecular weight is 575 g/mol. The number of fused-ring (bicyclic) bond motifs is 2. The molecule has 1 atom stereocenters. The molecule has 1 fully saturated rings. The van der Waals surface area contributed by atoms with Crippen molar-refractivity contribution in [2.75, 3.05) is 38.6 Å². The van der Waals surface area contributed by atoms with Crippen LogP contribution in [-0.2, 0) is 4.74 Å². The highest BCUT2D eigenvalue weighted by atomic mass is 19.1. The predicted octanol–water partition coefficient (Wildman–Crippen LogP) is 5.96. The molecule has 0 radical (unpaired) electrons. The molecule has 2 aliphatic heterocycles. The minimum absolute atomic E-state index is 0.0345. The van der Waals surface area contributed by atoms with Gasteiger partial charge in [-0.05, 0) is 83.0 Å². The quantitative estimate of drug-likeness (QED) is 0.215. The van der Waals surface area contributed by atoms with Gasteiger partial charge in [-0.2, -0.15) is 0 Å². The van der Waals surface area contributed by atoms with Crippen LogP contribution in [0, 0.1) is 5.82 Å². The third kappa shape index (κ3) is 5.71. The van der Waals surface area contributed by atoms with Gasteiger partial charge >= 0.3 is 0 Å². The number of likely N-dealkylation sites (tertiary alicyclic amines) is 1. The average Bonchev–Trinajstić information content (AvgIpc) is 3.37. The molecule has 3 heterocycles. The zero-order valence-corrected chi connectivity index (χ0v) is 24.8. The van der Waals surface area contributed by atoms with Gasteiger partial charge in [-0.3, -0.25) is 9.59 Å². The molecule has 8 nitrogen and oxygen atoms in total. The van der Waals surface area contributed by atoms with E-state index < -0.39 is 17.2 Å². The Morgan fingerprint density at radius 3 is 2.76 bits per heavy atom. The molecule has 42 heavy (non-hydrogen) atoms. The Balaban J connectivity index is 1.61. The summed E-state index contributed by atoms with van der Waals surface area (Å²) in [5.74, 6) is -0.487. The number of amides is 1. The first-order chi connectivity index (χ1) is 20.2. The van der Waals surface area contributed by atoms with Gasteiger partial charge < -0.3 is 29.6 Å². The number of aromatic nitrogens is 1. The van der Waals surface area contributed by atoms with E-state index >= 15 is 4.39 Å². The summed E-state index contributed by atoms with van der Waals surface area (Å²) in [7, 11) is 2.09. The highest BCUT2D eigenvalue weighted by Gasteiger charge is 2.29. The number of rotatable bonds is 11. The maximum Gasteiger partial charge on any atom is 0.256 e. The molecule has 0 spiro atoms. The second-order valence-corrected chi connectivity index (χ2v) is 11.1. The van der Waals surface area contributed by atoms with Crippen LogP contribution >= 0.6 is 0 Å². The summed E-state index contributed by atoms with van der Waals surface area (Å²) in [6.45, 7) is 11.9. The number of nitrogens with one attached hydrogen (secondary N) is 2. The minimum Gasteiger partial charge on any atom is -0.451 e. The van der Waals surface area contributed by atoms with Gasteiger partial charge in [-0.25, -0.2) is 4.39 Å². The summed E-state index contributed by atoms with van der Waals surface area (Å²) in [5.41, 5.74) is 2.28. The predicted molar refractivity (Wildman–Crippen MR) is 167 cm³/mol. The van der Waals surface area contributed by atoms with Crippen molar-refractivity contribution in [3.63, 3.8) is 0 Å². The van der Waals surface area contributed by atoms with Crippen molar-refractivity contribution < 1.29 is 18.7 Å². The van der Waals surface area contributed by atoms with Gasteiger partial charge in [-0.1, -0.05) is 24.8 Å². The topological polar surface area (TPSA) is 84.8 Å². The van der Waals surface area contributed by atoms with E-state index in [4.69, 9.17) is 9.47 Å². The van der Waals surface area contributed by atoms with Crippen LogP contribution in [0.5, 0.6) is 11.5 Å². The molecule has 1 amide bonds. The molecule has 3 aromatic rings. The number of halogens is 1. The first-order valence-electron chi connectivity index (χ1n) is 14.6. The van der Waals surface area contributed by atoms with Crippen LogP contribution in [-0.4, -0.2) is 60.8 Å². The fraction of sp³-hybridized carbons (Fsp3) is 0.394. The highest BCUT2D eigenvalue weighted by Crippen LogP contribution is 2.46. The first kappa shape index (κ1) is 29.5. The van der Waals surface area contributed by atoms with E-state index in [0.29, 0.717) is 42.7 Å². The second kappa shape index (κ2) is 12.5. The number of pyridine rings is 1. The third-order valence-corrected chi connectivity index (χ3v) is 7.93. The van der Waals surface area contributed by atoms with Crippen molar-refractivity contribution in [1.82, 2.24) is 14.8 Å². The summed E-state index contributed by atoms with van der Waals surface area (Å²) < 4.78 is 29.4. The lowest BCUT2D eigenvalue weighted by molar-refractivity contribution is 0.0870. The van der Waals surface area contributed by atoms with Gasteiger partial charge in [0, 0.05) is 25.3 Å². The lowest BCUT2D eigenvalue weighted by Gasteiger charge is -2.27. The fourth-order valence-corrected chi connectivity index (χ4v) is 5.78. The molecule has 222 valence electrons. The van der Waals surface area contributed by atoms with Gasteiger partial charge in [0.2, 0.25) is 5.43 Å². The standard InChI is InChI=1S/C33H39FN4O4/c1-6-9-22-16-27-28(17-21(22)7-2)42-32-29(35-13-15-41-20(3)4)26(34)18-24-30(32)38(27)19-25(31(24)39)33(40)36-12-11-23-10-8-14-37(23)5/h6-7,9,16-20,23,35H,2,8,10-15H2,1,3-5H3,(H,36,40)/b9-6-. The number of ether oxygens (including phenoxy) is 2. The number of carbonyl (C=O) groups is 1. The van der Waals surface area contributed by atoms with E-state index in [1.165, 1.54) is 6.07 Å². The van der Waals surface area contributed by atoms with Crippen LogP contribution in [0.1, 0.15) is 61.5 Å². The molecular formula is C33H39FN4O4. The van der Waals surface area contributed by atoms with Crippen molar-refractivity contribution in [1.29, 1.82) is 0 Å². The Kier molecular flexibility index (Phi) is 8.80. The number of anilines is 1. The molecule has 0 saturated carbocycles. The number of hydrogen-bond donors (Lipinski definition) is 2. The fourth-order valence-electron chi connectivity index (χ4n) is 5.78. The van der Waals surface area contributed by atoms with E-state index in [1.54, 1.807) is 16.8 Å². The molecule has 2 aliphatic rings. The minimum atomic E-state index is -0.648. The molecule has 9 heteroatoms. The lowest BCUT2D eigenvalue weighted by atomic mass is 10.0. The highest BCUT2D eigenvalue weighted by molar-refractivity contribution is 6.01. The SMILES string of the molecule is C=Cc1cc2c(cc1/C=C\C)-n1cc(C(=O)NCCC3CCCN3C)c(=O)c3cc(F)c(NCCOC(C)C)c(c31)O2. The number of benzene rings is 2. The number of hydrogen-bond acceptors (Lipinski definition) is 6. The van der Waals surface area contributed by atoms with Crippen molar-refractivity contribution >= 4 is 34.6 Å². The Labute approximate surface area is 245 Å². The van der Waals surface area contributed by atoms with Crippen molar-refractivity contribution in [2.45, 2.75) is 52.2 Å². The van der Waals surface area contributed by atoms with Gasteiger partial charge in [0.1, 0.15) is 16.8 Å². The molecule has 1 saturated heterocycles. The molecule has 1 aromatic heterocycles. The van der Waals surface area contributed by atoms with E-state index in [1.807, 2.05) is 45.1 Å². The summed E-state index contributed by atoms with van der Waals surface area (Å²) in [6, 6.07) is 5.35. The summed E-state index contributed by atoms with van der Waals surface area (Å²) in [6.07, 6.45) is 10.2. The molecule has 5 rings (SSSR count). The van der Waals surface area contributed by atoms with Gasteiger partial charge in [0.05, 0.1) is 23.8 Å². The summed E-state index contributed by atoms with van der Waals surface area (Å²) in [5, 5.41) is 6.09. The number of carbonyl (C=O) groups excluding carboxylic acids is 1. The second-order valence-electron chi connectivity index (χ2n) is 11.1. The largest absolute Gasteiger partial charge is 0.451 e. The first-order valence-corrected chi connectivity index (χ1v) is 14.6. The number of allylic oxidation sites excluding steroid dienone is 1. The van der Waals surface area contributed by atoms with Crippen LogP contribution in [0.2, 0.25) is 0 Å². The van der Waals surface area contributed by atoms with E-state index in [2.05, 4.69) is 29.2 Å². The molecule has 1 unspecified atom stereocenters. The van der Waals surface area contributed by atoms with Gasteiger partial charge in [-0.15, -0.1) is 0 Å². The van der Waals surface area contributed by atoms with Gasteiger partial charge in [0.15, 0.2) is 17.3 Å². The van der Waals surface area contributed by atoms with Gasteiger partial charge in [0.25, 0.3) is 5.91 Å². The van der Waals surface area contributed by atoms with Crippen molar-refractivity contribution in [2.24, 2.45) is 0 Å². The van der Waals surface area contributed by atoms with Crippen molar-refractivity contribution in [3.8, 4) is 17.2 Å². The molecule has 2 N–H and O–H groups in total. The zero-order chi connectivity index (χ0) is 30.0. The Hall–Kier alpha value is -3.95. The van der Waals surface area contributed by atoms with Crippen molar-refractivity contribution in [3.05, 3.63) is 69.8 Å². The lowest BCUT2D eigenvalue weighted by Crippen LogP contribution is -2.34. The molecular weight excluding hydrogens is 535 g/mol. The normalized spacial score (nSPS) is 16.2. The zero-order valence-electron chi connectivity index (χ0n) is 24.8. The summed E-state index contributed by atoms with van der Waals surface area (Å²) in [4.78, 5) is 29.4. The monoisotopic (exact) mass is 574 g/mol. The molecule has 0 bridgehead atoms. The van der Waals surface area contributed by atoms with Crippen LogP contribution in [0.3, 0.4) is 0 Å². The maximum atomic E-state index is 15.7. The Morgan fingerprint density at radius 2 is 2.07 bits per heavy atom. The van der Waals surface area contributed by atoms with Crippen LogP contribution in [0.25, 0.3) is 28.7 Å². The summed E-state index contributed by atoms with van der Waals surface area (Å²) >= 11 is 0. The van der Waals surface area contributed by atoms with Crippen LogP contribution in [0.15, 0.2) is 41.8 Å². The Morgan fingerprint density at radius 1 is 1.26 bits per heavy atom. The van der Waals surface area contributed by atoms with E-state index in [0.717, 1.165) is 36.9 Å². The van der Waals surface area contributed by atoms with E-state index in [9.17, 15) is 9.59 Å². The molecule has 2 aromatic carbocycles. The number of nitrogens with zero attached hydrogens (tertiary/aromatic N) is 2. The third-order valence-electron chi connectivity index (χ3n) is 7.93. The maximum absolute atomic E-state index is 15.7. The van der Waals surface area contributed by atoms with Crippen LogP contribution < -0.4 is 20.8 Å².